The Balaban J connectivity index is 2.67. The van der Waals surface area contributed by atoms with Gasteiger partial charge in [0.1, 0.15) is 0 Å². The summed E-state index contributed by atoms with van der Waals surface area (Å²) in [5.74, 6) is 0. The van der Waals surface area contributed by atoms with Crippen molar-refractivity contribution in [1.82, 2.24) is 0 Å². The fraction of sp³-hybridized carbons (Fsp3) is 0. The summed E-state index contributed by atoms with van der Waals surface area (Å²) in [5, 5.41) is 5.12. The maximum Gasteiger partial charge on any atom is 0.177 e. The van der Waals surface area contributed by atoms with Crippen molar-refractivity contribution >= 4 is 58.2 Å². The number of hydrogen-bond donors (Lipinski definition) is 0. The monoisotopic (exact) mass is 282 g/mol. The molecule has 3 rings (SSSR count). The lowest BCUT2D eigenvalue weighted by molar-refractivity contribution is 1.76. The third kappa shape index (κ3) is 1.42. The van der Waals surface area contributed by atoms with Crippen molar-refractivity contribution in [1.29, 1.82) is 0 Å². The molecule has 0 spiro atoms. The van der Waals surface area contributed by atoms with Crippen LogP contribution in [0.2, 0.25) is 0 Å². The highest BCUT2D eigenvalue weighted by molar-refractivity contribution is 9.10. The van der Waals surface area contributed by atoms with Gasteiger partial charge >= 0.3 is 0 Å². The number of rotatable bonds is 0. The first-order valence-electron chi connectivity index (χ1n) is 5.13. The van der Waals surface area contributed by atoms with E-state index in [2.05, 4.69) is 80.8 Å². The van der Waals surface area contributed by atoms with Crippen molar-refractivity contribution in [2.24, 2.45) is 0 Å². The van der Waals surface area contributed by atoms with Crippen LogP contribution in [-0.4, -0.2) is 16.3 Å². The average molecular weight is 283 g/mol. The summed E-state index contributed by atoms with van der Waals surface area (Å²) in [5.41, 5.74) is 0. The highest BCUT2D eigenvalue weighted by Crippen LogP contribution is 2.30. The first kappa shape index (κ1) is 10.4. The lowest BCUT2D eigenvalue weighted by Gasteiger charge is -2.11. The molecular formula is C14H8AlBr. The molecule has 3 aromatic carbocycles. The number of hydrogen-bond acceptors (Lipinski definition) is 0. The van der Waals surface area contributed by atoms with Gasteiger partial charge in [0.05, 0.1) is 0 Å². The van der Waals surface area contributed by atoms with Crippen LogP contribution in [0.25, 0.3) is 21.5 Å². The average Bonchev–Trinajstić information content (AvgIpc) is 2.36. The second-order valence-corrected chi connectivity index (χ2v) is 5.19. The largest absolute Gasteiger partial charge is 0.177 e. The molecule has 0 aliphatic carbocycles. The predicted octanol–water partition coefficient (Wildman–Crippen LogP) is 3.55. The minimum Gasteiger partial charge on any atom is -0.124 e. The zero-order chi connectivity index (χ0) is 11.1. The van der Waals surface area contributed by atoms with E-state index in [9.17, 15) is 0 Å². The van der Waals surface area contributed by atoms with Gasteiger partial charge in [0, 0.05) is 4.47 Å². The molecule has 0 aliphatic rings. The first-order valence-corrected chi connectivity index (χ1v) is 6.50. The van der Waals surface area contributed by atoms with Crippen molar-refractivity contribution in [2.75, 3.05) is 0 Å². The van der Waals surface area contributed by atoms with Crippen molar-refractivity contribution < 1.29 is 0 Å². The fourth-order valence-electron chi connectivity index (χ4n) is 2.11. The lowest BCUT2D eigenvalue weighted by Crippen LogP contribution is -2.06. The molecule has 0 atom stereocenters. The molecular weight excluding hydrogens is 275 g/mol. The number of halogens is 1. The van der Waals surface area contributed by atoms with Crippen LogP contribution in [0, 0.1) is 0 Å². The van der Waals surface area contributed by atoms with Gasteiger partial charge in [-0.1, -0.05) is 48.5 Å². The predicted molar refractivity (Wildman–Crippen MR) is 74.5 cm³/mol. The van der Waals surface area contributed by atoms with Gasteiger partial charge in [-0.05, 0) is 37.5 Å². The molecule has 3 aromatic rings. The van der Waals surface area contributed by atoms with Crippen LogP contribution in [0.4, 0.5) is 0 Å². The van der Waals surface area contributed by atoms with E-state index in [4.69, 9.17) is 0 Å². The fourth-order valence-corrected chi connectivity index (χ4v) is 3.30. The van der Waals surface area contributed by atoms with Gasteiger partial charge in [0.2, 0.25) is 0 Å². The van der Waals surface area contributed by atoms with Crippen LogP contribution >= 0.6 is 15.9 Å². The Bertz CT molecular complexity index is 572. The van der Waals surface area contributed by atoms with Gasteiger partial charge in [-0.15, -0.1) is 4.43 Å². The Labute approximate surface area is 111 Å². The van der Waals surface area contributed by atoms with Gasteiger partial charge < -0.3 is 0 Å². The third-order valence-electron chi connectivity index (χ3n) is 2.91. The van der Waals surface area contributed by atoms with E-state index < -0.39 is 0 Å². The summed E-state index contributed by atoms with van der Waals surface area (Å²) < 4.78 is 2.46. The molecule has 0 heterocycles. The standard InChI is InChI=1S/C14H8Br.Al/c15-14-12-7-3-1-5-10(12)9-11-6-2-4-8-13(11)14;/h1-8H;. The van der Waals surface area contributed by atoms with E-state index in [1.54, 1.807) is 0 Å². The van der Waals surface area contributed by atoms with E-state index in [0.717, 1.165) is 0 Å². The van der Waals surface area contributed by atoms with Crippen molar-refractivity contribution in [2.45, 2.75) is 0 Å². The molecule has 16 heavy (non-hydrogen) atoms. The summed E-state index contributed by atoms with van der Waals surface area (Å²) in [6, 6.07) is 16.9. The van der Waals surface area contributed by atoms with Crippen molar-refractivity contribution in [3.8, 4) is 0 Å². The minimum absolute atomic E-state index is 1.19. The van der Waals surface area contributed by atoms with Gasteiger partial charge in [0.25, 0.3) is 0 Å². The van der Waals surface area contributed by atoms with Gasteiger partial charge in [-0.2, -0.15) is 0 Å². The maximum atomic E-state index is 3.71. The Hall–Kier alpha value is -0.808. The Morgan fingerprint density at radius 3 is 1.50 bits per heavy atom. The topological polar surface area (TPSA) is 0 Å². The number of fused-ring (bicyclic) bond motifs is 2. The molecule has 0 N–H and O–H groups in total. The molecule has 0 saturated heterocycles. The Morgan fingerprint density at radius 2 is 1.06 bits per heavy atom. The van der Waals surface area contributed by atoms with Crippen LogP contribution < -0.4 is 4.43 Å². The minimum atomic E-state index is 1.19. The molecule has 2 heteroatoms. The van der Waals surface area contributed by atoms with Crippen LogP contribution in [-0.2, 0) is 0 Å². The molecule has 0 fully saturated rings. The van der Waals surface area contributed by atoms with E-state index in [-0.39, 0.29) is 0 Å². The smallest absolute Gasteiger partial charge is 0.124 e. The maximum absolute atomic E-state index is 3.71. The van der Waals surface area contributed by atoms with Crippen LogP contribution in [0.5, 0.6) is 0 Å². The molecule has 0 bridgehead atoms. The SMILES string of the molecule is [Al][c]1c2ccccc2c(Br)c2ccccc12. The first-order chi connectivity index (χ1) is 7.79. The number of benzene rings is 3. The summed E-state index contributed by atoms with van der Waals surface area (Å²) in [4.78, 5) is 0. The molecule has 2 radical (unpaired) electrons. The second kappa shape index (κ2) is 3.89. The summed E-state index contributed by atoms with van der Waals surface area (Å²) in [6.07, 6.45) is 0. The molecule has 0 saturated carbocycles. The van der Waals surface area contributed by atoms with E-state index >= 15 is 0 Å². The molecule has 0 nitrogen and oxygen atoms in total. The zero-order valence-corrected chi connectivity index (χ0v) is 11.3. The van der Waals surface area contributed by atoms with Crippen molar-refractivity contribution in [3.63, 3.8) is 0 Å². The molecule has 0 unspecified atom stereocenters. The highest BCUT2D eigenvalue weighted by atomic mass is 79.9. The zero-order valence-electron chi connectivity index (χ0n) is 8.57. The second-order valence-electron chi connectivity index (χ2n) is 3.82. The molecule has 0 amide bonds. The van der Waals surface area contributed by atoms with E-state index in [1.165, 1.54) is 30.4 Å². The van der Waals surface area contributed by atoms with Gasteiger partial charge in [0.15, 0.2) is 16.3 Å². The highest BCUT2D eigenvalue weighted by Gasteiger charge is 2.06. The van der Waals surface area contributed by atoms with Crippen LogP contribution in [0.1, 0.15) is 0 Å². The lowest BCUT2D eigenvalue weighted by atomic mass is 10.0. The van der Waals surface area contributed by atoms with Crippen LogP contribution in [0.3, 0.4) is 0 Å². The quantitative estimate of drug-likeness (QED) is 0.437. The van der Waals surface area contributed by atoms with Crippen LogP contribution in [0.15, 0.2) is 53.0 Å². The summed E-state index contributed by atoms with van der Waals surface area (Å²) >= 11 is 6.57. The Morgan fingerprint density at radius 1 is 0.688 bits per heavy atom. The van der Waals surface area contributed by atoms with E-state index in [0.29, 0.717) is 0 Å². The third-order valence-corrected chi connectivity index (χ3v) is 4.38. The Kier molecular flexibility index (Phi) is 2.52. The van der Waals surface area contributed by atoms with E-state index in [1.807, 2.05) is 0 Å². The van der Waals surface area contributed by atoms with Gasteiger partial charge in [-0.3, -0.25) is 0 Å². The molecule has 74 valence electrons. The summed E-state index contributed by atoms with van der Waals surface area (Å²) in [7, 11) is 0. The molecule has 0 aromatic heterocycles. The molecule has 0 aliphatic heterocycles. The normalized spacial score (nSPS) is 11.1. The summed E-state index contributed by atoms with van der Waals surface area (Å²) in [6.45, 7) is 0. The van der Waals surface area contributed by atoms with Gasteiger partial charge in [-0.25, -0.2) is 0 Å². The van der Waals surface area contributed by atoms with Crippen molar-refractivity contribution in [3.05, 3.63) is 53.0 Å².